The van der Waals surface area contributed by atoms with Crippen molar-refractivity contribution in [1.29, 1.82) is 0 Å². The molecular weight excluding hydrogens is 162 g/mol. The Morgan fingerprint density at radius 2 is 1.83 bits per heavy atom. The molecule has 0 aromatic heterocycles. The molecule has 12 heavy (non-hydrogen) atoms. The van der Waals surface area contributed by atoms with Gasteiger partial charge in [0.1, 0.15) is 12.1 Å². The van der Waals surface area contributed by atoms with E-state index in [1.807, 2.05) is 5.32 Å². The summed E-state index contributed by atoms with van der Waals surface area (Å²) in [6.07, 6.45) is -0.758. The van der Waals surface area contributed by atoms with Crippen LogP contribution in [0, 0.1) is 0 Å². The molecule has 5 heteroatoms. The molecular formula is C7H12NO4. The number of hydrogen-bond donors (Lipinski definition) is 1. The van der Waals surface area contributed by atoms with Crippen molar-refractivity contribution in [3.05, 3.63) is 0 Å². The molecule has 0 atom stereocenters. The summed E-state index contributed by atoms with van der Waals surface area (Å²) in [6.45, 7) is 4.53. The fourth-order valence-corrected chi connectivity index (χ4v) is 0.459. The van der Waals surface area contributed by atoms with Crippen molar-refractivity contribution < 1.29 is 19.4 Å². The van der Waals surface area contributed by atoms with Gasteiger partial charge in [0.2, 0.25) is 0 Å². The molecule has 1 radical (unpaired) electrons. The summed E-state index contributed by atoms with van der Waals surface area (Å²) in [5.74, 6) is -1.35. The smallest absolute Gasteiger partial charge is 0.408 e. The van der Waals surface area contributed by atoms with Crippen LogP contribution in [-0.4, -0.2) is 24.2 Å². The molecule has 69 valence electrons. The minimum atomic E-state index is -1.35. The average Bonchev–Trinajstić information content (AvgIpc) is 1.79. The van der Waals surface area contributed by atoms with Crippen LogP contribution in [0.15, 0.2) is 0 Å². The fraction of sp³-hybridized carbons (Fsp3) is 0.714. The summed E-state index contributed by atoms with van der Waals surface area (Å²) < 4.78 is 4.75. The molecule has 1 amide bonds. The van der Waals surface area contributed by atoms with Gasteiger partial charge in [-0.05, 0) is 20.8 Å². The van der Waals surface area contributed by atoms with Crippen LogP contribution < -0.4 is 5.32 Å². The van der Waals surface area contributed by atoms with Crippen molar-refractivity contribution in [2.24, 2.45) is 0 Å². The Hall–Kier alpha value is -1.26. The van der Waals surface area contributed by atoms with Crippen LogP contribution >= 0.6 is 0 Å². The van der Waals surface area contributed by atoms with Gasteiger partial charge in [0.15, 0.2) is 0 Å². The molecule has 0 bridgehead atoms. The van der Waals surface area contributed by atoms with Crippen molar-refractivity contribution in [3.8, 4) is 0 Å². The Bertz CT molecular complexity index is 182. The Morgan fingerprint density at radius 3 is 2.17 bits per heavy atom. The van der Waals surface area contributed by atoms with Gasteiger partial charge in [-0.15, -0.1) is 0 Å². The van der Waals surface area contributed by atoms with Gasteiger partial charge >= 0.3 is 12.1 Å². The number of rotatable bonds is 2. The summed E-state index contributed by atoms with van der Waals surface area (Å²) in [6, 6.07) is 0. The molecule has 0 unspecified atom stereocenters. The van der Waals surface area contributed by atoms with E-state index in [0.717, 1.165) is 0 Å². The van der Waals surface area contributed by atoms with E-state index in [9.17, 15) is 14.7 Å². The Labute approximate surface area is 70.7 Å². The summed E-state index contributed by atoms with van der Waals surface area (Å²) in [4.78, 5) is 20.6. The molecule has 0 saturated heterocycles. The van der Waals surface area contributed by atoms with Gasteiger partial charge in [0, 0.05) is 0 Å². The van der Waals surface area contributed by atoms with Gasteiger partial charge in [-0.1, -0.05) is 0 Å². The Morgan fingerprint density at radius 1 is 1.33 bits per heavy atom. The second-order valence-corrected chi connectivity index (χ2v) is 3.23. The first-order chi connectivity index (χ1) is 5.31. The second-order valence-electron chi connectivity index (χ2n) is 3.23. The maximum Gasteiger partial charge on any atom is 0.408 e. The summed E-state index contributed by atoms with van der Waals surface area (Å²) in [5.41, 5.74) is -0.615. The number of ether oxygens (including phenoxy) is 1. The highest BCUT2D eigenvalue weighted by Crippen LogP contribution is 2.05. The van der Waals surface area contributed by atoms with E-state index < -0.39 is 24.2 Å². The molecule has 0 rings (SSSR count). The lowest BCUT2D eigenvalue weighted by atomic mass is 10.2. The third-order valence-electron chi connectivity index (χ3n) is 0.776. The fourth-order valence-electron chi connectivity index (χ4n) is 0.459. The van der Waals surface area contributed by atoms with Gasteiger partial charge in [0.25, 0.3) is 0 Å². The number of carbonyl (C=O) groups is 2. The highest BCUT2D eigenvalue weighted by molar-refractivity contribution is 5.76. The van der Waals surface area contributed by atoms with Crippen molar-refractivity contribution in [2.45, 2.75) is 26.4 Å². The lowest BCUT2D eigenvalue weighted by molar-refractivity contribution is -0.142. The van der Waals surface area contributed by atoms with Crippen molar-refractivity contribution in [3.63, 3.8) is 0 Å². The molecule has 0 aromatic rings. The zero-order valence-corrected chi connectivity index (χ0v) is 7.34. The van der Waals surface area contributed by atoms with Gasteiger partial charge < -0.3 is 10.1 Å². The minimum absolute atomic E-state index is 0.533. The third kappa shape index (κ3) is 6.85. The van der Waals surface area contributed by atoms with Crippen LogP contribution in [0.1, 0.15) is 20.8 Å². The molecule has 0 aliphatic rings. The van der Waals surface area contributed by atoms with Crippen LogP contribution in [0.3, 0.4) is 0 Å². The number of alkyl carbamates (subject to hydrolysis) is 1. The van der Waals surface area contributed by atoms with Crippen LogP contribution in [0.25, 0.3) is 0 Å². The number of amides is 1. The number of carbonyl (C=O) groups excluding carboxylic acids is 2. The van der Waals surface area contributed by atoms with Crippen LogP contribution in [0.5, 0.6) is 0 Å². The second kappa shape index (κ2) is 3.94. The maximum absolute atomic E-state index is 10.7. The SMILES string of the molecule is CC(C)(C)OC(=O)NCC([O])=O. The Kier molecular flexibility index (Phi) is 3.53. The summed E-state index contributed by atoms with van der Waals surface area (Å²) in [7, 11) is 0. The van der Waals surface area contributed by atoms with E-state index in [2.05, 4.69) is 0 Å². The Balaban J connectivity index is 3.68. The first-order valence-electron chi connectivity index (χ1n) is 3.48. The zero-order chi connectivity index (χ0) is 9.78. The molecule has 0 fully saturated rings. The van der Waals surface area contributed by atoms with E-state index >= 15 is 0 Å². The highest BCUT2D eigenvalue weighted by Gasteiger charge is 2.16. The highest BCUT2D eigenvalue weighted by atomic mass is 16.6. The largest absolute Gasteiger partial charge is 0.444 e. The quantitative estimate of drug-likeness (QED) is 0.661. The van der Waals surface area contributed by atoms with Gasteiger partial charge in [-0.3, -0.25) is 0 Å². The van der Waals surface area contributed by atoms with Crippen molar-refractivity contribution >= 4 is 12.1 Å². The number of nitrogens with one attached hydrogen (secondary N) is 1. The molecule has 5 nitrogen and oxygen atoms in total. The summed E-state index contributed by atoms with van der Waals surface area (Å²) in [5, 5.41) is 11.9. The van der Waals surface area contributed by atoms with Gasteiger partial charge in [-0.25, -0.2) is 14.7 Å². The molecule has 0 saturated carbocycles. The summed E-state index contributed by atoms with van der Waals surface area (Å²) >= 11 is 0. The molecule has 0 aliphatic heterocycles. The monoisotopic (exact) mass is 174 g/mol. The molecule has 0 aromatic carbocycles. The topological polar surface area (TPSA) is 75.3 Å². The van der Waals surface area contributed by atoms with Gasteiger partial charge in [-0.2, -0.15) is 0 Å². The molecule has 0 aliphatic carbocycles. The van der Waals surface area contributed by atoms with Crippen LogP contribution in [0.2, 0.25) is 0 Å². The predicted molar refractivity (Wildman–Crippen MR) is 39.9 cm³/mol. The first kappa shape index (κ1) is 10.7. The van der Waals surface area contributed by atoms with E-state index in [4.69, 9.17) is 4.74 Å². The molecule has 0 spiro atoms. The molecule has 0 heterocycles. The minimum Gasteiger partial charge on any atom is -0.444 e. The first-order valence-corrected chi connectivity index (χ1v) is 3.48. The lowest BCUT2D eigenvalue weighted by Gasteiger charge is -2.18. The standard InChI is InChI=1S/C7H12NO4/c1-7(2,3)12-6(11)8-4-5(9)10/h4H2,1-3H3,(H,8,11). The van der Waals surface area contributed by atoms with Gasteiger partial charge in [0.05, 0.1) is 0 Å². The van der Waals surface area contributed by atoms with E-state index in [0.29, 0.717) is 0 Å². The molecule has 1 N–H and O–H groups in total. The van der Waals surface area contributed by atoms with Crippen LogP contribution in [-0.2, 0) is 14.6 Å². The average molecular weight is 174 g/mol. The predicted octanol–water partition coefficient (Wildman–Crippen LogP) is 0.468. The lowest BCUT2D eigenvalue weighted by Crippen LogP contribution is -2.35. The van der Waals surface area contributed by atoms with Crippen molar-refractivity contribution in [1.82, 2.24) is 5.32 Å². The normalized spacial score (nSPS) is 10.6. The van der Waals surface area contributed by atoms with E-state index in [-0.39, 0.29) is 0 Å². The maximum atomic E-state index is 10.7. The van der Waals surface area contributed by atoms with E-state index in [1.54, 1.807) is 20.8 Å². The van der Waals surface area contributed by atoms with Crippen molar-refractivity contribution in [2.75, 3.05) is 6.54 Å². The third-order valence-corrected chi connectivity index (χ3v) is 0.776. The van der Waals surface area contributed by atoms with E-state index in [1.165, 1.54) is 0 Å². The number of hydrogen-bond acceptors (Lipinski definition) is 3. The zero-order valence-electron chi connectivity index (χ0n) is 7.34. The van der Waals surface area contributed by atoms with Crippen LogP contribution in [0.4, 0.5) is 4.79 Å².